The highest BCUT2D eigenvalue weighted by Crippen LogP contribution is 2.23. The highest BCUT2D eigenvalue weighted by molar-refractivity contribution is 6.04. The molecule has 3 heterocycles. The van der Waals surface area contributed by atoms with Gasteiger partial charge in [-0.3, -0.25) is 9.89 Å². The van der Waals surface area contributed by atoms with E-state index >= 15 is 0 Å². The molecule has 140 valence electrons. The van der Waals surface area contributed by atoms with E-state index in [1.807, 2.05) is 54.4 Å². The zero-order valence-corrected chi connectivity index (χ0v) is 15.6. The molecule has 0 atom stereocenters. The summed E-state index contributed by atoms with van der Waals surface area (Å²) in [6, 6.07) is 13.8. The molecular weight excluding hydrogens is 338 g/mol. The summed E-state index contributed by atoms with van der Waals surface area (Å²) in [5.41, 5.74) is 1.43. The smallest absolute Gasteiger partial charge is 0.274 e. The number of para-hydroxylation sites is 1. The number of rotatable bonds is 5. The Bertz CT molecular complexity index is 899. The first-order valence-electron chi connectivity index (χ1n) is 9.64. The van der Waals surface area contributed by atoms with Gasteiger partial charge >= 0.3 is 0 Å². The number of hydrogen-bond donors (Lipinski definition) is 1. The van der Waals surface area contributed by atoms with E-state index in [-0.39, 0.29) is 5.91 Å². The zero-order chi connectivity index (χ0) is 18.6. The van der Waals surface area contributed by atoms with Gasteiger partial charge in [0, 0.05) is 37.8 Å². The molecule has 1 N–H and O–H groups in total. The maximum atomic E-state index is 13.0. The number of carbonyl (C=O) groups is 1. The molecule has 6 nitrogen and oxygen atoms in total. The second kappa shape index (κ2) is 7.78. The topological polar surface area (TPSA) is 65.1 Å². The Hall–Kier alpha value is -2.89. The number of anilines is 1. The fraction of sp³-hybridized carbons (Fsp3) is 0.381. The molecule has 6 heteroatoms. The minimum Gasteiger partial charge on any atom is -0.357 e. The van der Waals surface area contributed by atoms with Crippen molar-refractivity contribution in [3.63, 3.8) is 0 Å². The molecule has 1 amide bonds. The Morgan fingerprint density at radius 1 is 1.19 bits per heavy atom. The molecule has 0 unspecified atom stereocenters. The monoisotopic (exact) mass is 363 g/mol. The summed E-state index contributed by atoms with van der Waals surface area (Å²) < 4.78 is 0. The summed E-state index contributed by atoms with van der Waals surface area (Å²) in [7, 11) is 0. The molecule has 1 aliphatic heterocycles. The number of nitrogens with zero attached hydrogens (tertiary/aromatic N) is 4. The van der Waals surface area contributed by atoms with Crippen LogP contribution in [0.5, 0.6) is 0 Å². The second-order valence-corrected chi connectivity index (χ2v) is 7.08. The van der Waals surface area contributed by atoms with Crippen molar-refractivity contribution in [2.24, 2.45) is 5.92 Å². The van der Waals surface area contributed by atoms with E-state index in [0.717, 1.165) is 49.2 Å². The SMILES string of the molecule is CCN(CC1CCN(c2ccccn2)CC1)C(=O)c1n[nH]c2ccccc12. The predicted octanol–water partition coefficient (Wildman–Crippen LogP) is 3.34. The molecular formula is C21H25N5O. The highest BCUT2D eigenvalue weighted by Gasteiger charge is 2.26. The van der Waals surface area contributed by atoms with Crippen LogP contribution in [0.4, 0.5) is 5.82 Å². The van der Waals surface area contributed by atoms with E-state index in [9.17, 15) is 4.79 Å². The normalized spacial score (nSPS) is 15.2. The van der Waals surface area contributed by atoms with E-state index in [2.05, 4.69) is 26.1 Å². The number of H-pyrrole nitrogens is 1. The quantitative estimate of drug-likeness (QED) is 0.755. The van der Waals surface area contributed by atoms with E-state index in [4.69, 9.17) is 0 Å². The van der Waals surface area contributed by atoms with Gasteiger partial charge in [0.05, 0.1) is 5.52 Å². The number of nitrogens with one attached hydrogen (secondary N) is 1. The lowest BCUT2D eigenvalue weighted by Crippen LogP contribution is -2.41. The van der Waals surface area contributed by atoms with E-state index in [1.165, 1.54) is 0 Å². The Kier molecular flexibility index (Phi) is 5.05. The van der Waals surface area contributed by atoms with Crippen molar-refractivity contribution in [1.29, 1.82) is 0 Å². The number of piperidine rings is 1. The first-order chi connectivity index (χ1) is 13.3. The summed E-state index contributed by atoms with van der Waals surface area (Å²) >= 11 is 0. The van der Waals surface area contributed by atoms with Gasteiger partial charge in [0.25, 0.3) is 5.91 Å². The maximum Gasteiger partial charge on any atom is 0.274 e. The van der Waals surface area contributed by atoms with Crippen LogP contribution < -0.4 is 4.90 Å². The molecule has 1 fully saturated rings. The number of carbonyl (C=O) groups excluding carboxylic acids is 1. The lowest BCUT2D eigenvalue weighted by Gasteiger charge is -2.35. The average molecular weight is 363 g/mol. The van der Waals surface area contributed by atoms with Gasteiger partial charge < -0.3 is 9.80 Å². The average Bonchev–Trinajstić information content (AvgIpc) is 3.17. The van der Waals surface area contributed by atoms with Crippen LogP contribution in [0, 0.1) is 5.92 Å². The summed E-state index contributed by atoms with van der Waals surface area (Å²) in [6.45, 7) is 5.49. The number of aromatic nitrogens is 3. The van der Waals surface area contributed by atoms with Crippen molar-refractivity contribution < 1.29 is 4.79 Å². The predicted molar refractivity (Wildman–Crippen MR) is 107 cm³/mol. The molecule has 0 bridgehead atoms. The fourth-order valence-electron chi connectivity index (χ4n) is 3.83. The number of pyridine rings is 1. The van der Waals surface area contributed by atoms with Crippen LogP contribution >= 0.6 is 0 Å². The van der Waals surface area contributed by atoms with Crippen LogP contribution in [0.1, 0.15) is 30.3 Å². The van der Waals surface area contributed by atoms with Gasteiger partial charge in [-0.05, 0) is 43.9 Å². The van der Waals surface area contributed by atoms with E-state index in [0.29, 0.717) is 18.2 Å². The van der Waals surface area contributed by atoms with Crippen molar-refractivity contribution in [1.82, 2.24) is 20.1 Å². The van der Waals surface area contributed by atoms with Crippen molar-refractivity contribution >= 4 is 22.6 Å². The lowest BCUT2D eigenvalue weighted by molar-refractivity contribution is 0.0725. The van der Waals surface area contributed by atoms with Crippen molar-refractivity contribution in [3.05, 3.63) is 54.4 Å². The second-order valence-electron chi connectivity index (χ2n) is 7.08. The molecule has 1 saturated heterocycles. The zero-order valence-electron chi connectivity index (χ0n) is 15.6. The third-order valence-corrected chi connectivity index (χ3v) is 5.41. The molecule has 0 aliphatic carbocycles. The molecule has 0 saturated carbocycles. The van der Waals surface area contributed by atoms with Crippen LogP contribution in [0.3, 0.4) is 0 Å². The van der Waals surface area contributed by atoms with Gasteiger partial charge in [-0.1, -0.05) is 24.3 Å². The minimum absolute atomic E-state index is 0.0158. The Morgan fingerprint density at radius 2 is 1.96 bits per heavy atom. The summed E-state index contributed by atoms with van der Waals surface area (Å²) in [4.78, 5) is 21.7. The molecule has 1 aliphatic rings. The Labute approximate surface area is 159 Å². The van der Waals surface area contributed by atoms with Gasteiger partial charge in [-0.25, -0.2) is 4.98 Å². The highest BCUT2D eigenvalue weighted by atomic mass is 16.2. The van der Waals surface area contributed by atoms with Crippen LogP contribution in [-0.2, 0) is 0 Å². The number of benzene rings is 1. The lowest BCUT2D eigenvalue weighted by atomic mass is 9.96. The van der Waals surface area contributed by atoms with Gasteiger partial charge in [0.15, 0.2) is 5.69 Å². The van der Waals surface area contributed by atoms with Crippen LogP contribution in [0.2, 0.25) is 0 Å². The Balaban J connectivity index is 1.40. The summed E-state index contributed by atoms with van der Waals surface area (Å²) in [5.74, 6) is 1.57. The van der Waals surface area contributed by atoms with Gasteiger partial charge in [-0.2, -0.15) is 5.10 Å². The van der Waals surface area contributed by atoms with Crippen molar-refractivity contribution in [3.8, 4) is 0 Å². The van der Waals surface area contributed by atoms with Gasteiger partial charge in [0.2, 0.25) is 0 Å². The summed E-state index contributed by atoms with van der Waals surface area (Å²) in [5, 5.41) is 8.14. The molecule has 0 radical (unpaired) electrons. The maximum absolute atomic E-state index is 13.0. The standard InChI is InChI=1S/C21H25N5O/c1-2-25(21(27)20-17-7-3-4-8-18(17)23-24-20)15-16-10-13-26(14-11-16)19-9-5-6-12-22-19/h3-9,12,16H,2,10-11,13-15H2,1H3,(H,23,24). The molecule has 1 aromatic carbocycles. The number of fused-ring (bicyclic) bond motifs is 1. The number of aromatic amines is 1. The van der Waals surface area contributed by atoms with Crippen molar-refractivity contribution in [2.45, 2.75) is 19.8 Å². The molecule has 4 rings (SSSR count). The van der Waals surface area contributed by atoms with E-state index < -0.39 is 0 Å². The molecule has 2 aromatic heterocycles. The molecule has 0 spiro atoms. The molecule has 3 aromatic rings. The van der Waals surface area contributed by atoms with Crippen LogP contribution in [0.25, 0.3) is 10.9 Å². The first-order valence-corrected chi connectivity index (χ1v) is 9.64. The van der Waals surface area contributed by atoms with Gasteiger partial charge in [-0.15, -0.1) is 0 Å². The van der Waals surface area contributed by atoms with E-state index in [1.54, 1.807) is 0 Å². The third kappa shape index (κ3) is 3.65. The fourth-order valence-corrected chi connectivity index (χ4v) is 3.83. The largest absolute Gasteiger partial charge is 0.357 e. The van der Waals surface area contributed by atoms with Crippen molar-refractivity contribution in [2.75, 3.05) is 31.1 Å². The minimum atomic E-state index is 0.0158. The number of amides is 1. The van der Waals surface area contributed by atoms with Crippen LogP contribution in [0.15, 0.2) is 48.7 Å². The van der Waals surface area contributed by atoms with Crippen LogP contribution in [-0.4, -0.2) is 52.2 Å². The first kappa shape index (κ1) is 17.5. The molecule has 27 heavy (non-hydrogen) atoms. The summed E-state index contributed by atoms with van der Waals surface area (Å²) in [6.07, 6.45) is 3.98. The Morgan fingerprint density at radius 3 is 2.70 bits per heavy atom. The van der Waals surface area contributed by atoms with Gasteiger partial charge in [0.1, 0.15) is 5.82 Å². The third-order valence-electron chi connectivity index (χ3n) is 5.41. The number of hydrogen-bond acceptors (Lipinski definition) is 4.